The van der Waals surface area contributed by atoms with E-state index in [-0.39, 0.29) is 23.0 Å². The van der Waals surface area contributed by atoms with Gasteiger partial charge in [-0.15, -0.1) is 11.8 Å². The van der Waals surface area contributed by atoms with Crippen molar-refractivity contribution in [3.63, 3.8) is 0 Å². The first-order chi connectivity index (χ1) is 17.0. The maximum atomic E-state index is 12.5. The lowest BCUT2D eigenvalue weighted by atomic mass is 10.1. The minimum Gasteiger partial charge on any atom is -0.506 e. The molecule has 7 heteroatoms. The van der Waals surface area contributed by atoms with Gasteiger partial charge in [-0.05, 0) is 53.9 Å². The molecule has 4 aromatic rings. The first-order valence-electron chi connectivity index (χ1n) is 11.0. The quantitative estimate of drug-likeness (QED) is 0.238. The fourth-order valence-electron chi connectivity index (χ4n) is 3.45. The van der Waals surface area contributed by atoms with Crippen LogP contribution >= 0.6 is 11.8 Å². The minimum absolute atomic E-state index is 0.0971. The number of aryl methyl sites for hydroxylation is 1. The van der Waals surface area contributed by atoms with Crippen molar-refractivity contribution in [3.8, 4) is 22.8 Å². The lowest BCUT2D eigenvalue weighted by Gasteiger charge is -2.09. The van der Waals surface area contributed by atoms with Gasteiger partial charge in [-0.25, -0.2) is 9.59 Å². The Morgan fingerprint density at radius 1 is 0.943 bits per heavy atom. The van der Waals surface area contributed by atoms with E-state index in [1.807, 2.05) is 36.4 Å². The van der Waals surface area contributed by atoms with Crippen LogP contribution in [0.25, 0.3) is 11.3 Å². The fraction of sp³-hybridized carbons (Fsp3) is 0.143. The topological polar surface area (TPSA) is 86.0 Å². The third-order valence-corrected chi connectivity index (χ3v) is 6.33. The number of thioether (sulfide) groups is 1. The molecular formula is C28H24O6S. The number of hydrogen-bond acceptors (Lipinski definition) is 7. The summed E-state index contributed by atoms with van der Waals surface area (Å²) in [5, 5.41) is 10.4. The van der Waals surface area contributed by atoms with Gasteiger partial charge >= 0.3 is 11.6 Å². The summed E-state index contributed by atoms with van der Waals surface area (Å²) in [4.78, 5) is 24.4. The Balaban J connectivity index is 1.39. The monoisotopic (exact) mass is 488 g/mol. The molecule has 1 aromatic heterocycles. The Morgan fingerprint density at radius 2 is 1.69 bits per heavy atom. The SMILES string of the molecule is COC(=O)c1cccc(COc2ccc(-c3cc(O)c(SCCc4ccccc4)c(=O)o3)cc2)c1. The summed E-state index contributed by atoms with van der Waals surface area (Å²) in [5.74, 6) is 1.03. The van der Waals surface area contributed by atoms with Crippen LogP contribution in [0.1, 0.15) is 21.5 Å². The maximum Gasteiger partial charge on any atom is 0.353 e. The van der Waals surface area contributed by atoms with Gasteiger partial charge < -0.3 is 19.0 Å². The molecule has 0 aliphatic carbocycles. The maximum absolute atomic E-state index is 12.5. The second-order valence-electron chi connectivity index (χ2n) is 7.70. The molecule has 3 aromatic carbocycles. The zero-order valence-corrected chi connectivity index (χ0v) is 19.9. The number of benzene rings is 3. The van der Waals surface area contributed by atoms with Gasteiger partial charge in [0, 0.05) is 17.4 Å². The van der Waals surface area contributed by atoms with Crippen LogP contribution in [0.2, 0.25) is 0 Å². The molecule has 0 spiro atoms. The molecular weight excluding hydrogens is 464 g/mol. The molecule has 0 bridgehead atoms. The van der Waals surface area contributed by atoms with Crippen molar-refractivity contribution in [2.45, 2.75) is 17.9 Å². The van der Waals surface area contributed by atoms with Gasteiger partial charge in [0.05, 0.1) is 12.7 Å². The normalized spacial score (nSPS) is 10.7. The van der Waals surface area contributed by atoms with E-state index in [4.69, 9.17) is 13.9 Å². The third kappa shape index (κ3) is 6.33. The summed E-state index contributed by atoms with van der Waals surface area (Å²) in [7, 11) is 1.34. The Morgan fingerprint density at radius 3 is 2.40 bits per heavy atom. The Hall–Kier alpha value is -3.97. The summed E-state index contributed by atoms with van der Waals surface area (Å²) in [5.41, 5.74) is 2.52. The molecule has 178 valence electrons. The van der Waals surface area contributed by atoms with Crippen molar-refractivity contribution in [1.82, 2.24) is 0 Å². The van der Waals surface area contributed by atoms with Crippen molar-refractivity contribution >= 4 is 17.7 Å². The first-order valence-corrected chi connectivity index (χ1v) is 12.0. The van der Waals surface area contributed by atoms with E-state index < -0.39 is 11.6 Å². The highest BCUT2D eigenvalue weighted by Gasteiger charge is 2.13. The number of rotatable bonds is 9. The number of aromatic hydroxyl groups is 1. The van der Waals surface area contributed by atoms with Crippen LogP contribution in [0.3, 0.4) is 0 Å². The van der Waals surface area contributed by atoms with Gasteiger partial charge in [-0.2, -0.15) is 0 Å². The number of methoxy groups -OCH3 is 1. The summed E-state index contributed by atoms with van der Waals surface area (Å²) < 4.78 is 16.0. The van der Waals surface area contributed by atoms with Gasteiger partial charge in [0.15, 0.2) is 0 Å². The first kappa shape index (κ1) is 24.2. The van der Waals surface area contributed by atoms with E-state index in [1.165, 1.54) is 30.5 Å². The highest BCUT2D eigenvalue weighted by molar-refractivity contribution is 7.99. The largest absolute Gasteiger partial charge is 0.506 e. The number of esters is 1. The van der Waals surface area contributed by atoms with E-state index in [0.717, 1.165) is 12.0 Å². The fourth-order valence-corrected chi connectivity index (χ4v) is 4.36. The van der Waals surface area contributed by atoms with E-state index >= 15 is 0 Å². The molecule has 4 rings (SSSR count). The Kier molecular flexibility index (Phi) is 7.90. The summed E-state index contributed by atoms with van der Waals surface area (Å²) in [6, 6.07) is 25.4. The van der Waals surface area contributed by atoms with Crippen LogP contribution in [0.15, 0.2) is 99.0 Å². The summed E-state index contributed by atoms with van der Waals surface area (Å²) in [6.45, 7) is 0.273. The summed E-state index contributed by atoms with van der Waals surface area (Å²) >= 11 is 1.28. The van der Waals surface area contributed by atoms with Crippen molar-refractivity contribution in [2.24, 2.45) is 0 Å². The molecule has 0 amide bonds. The van der Waals surface area contributed by atoms with E-state index in [2.05, 4.69) is 0 Å². The van der Waals surface area contributed by atoms with E-state index in [1.54, 1.807) is 42.5 Å². The molecule has 0 radical (unpaired) electrons. The van der Waals surface area contributed by atoms with Crippen molar-refractivity contribution in [3.05, 3.63) is 112 Å². The van der Waals surface area contributed by atoms with Gasteiger partial charge in [-0.3, -0.25) is 0 Å². The Labute approximate surface area is 207 Å². The molecule has 35 heavy (non-hydrogen) atoms. The van der Waals surface area contributed by atoms with Gasteiger partial charge in [0.25, 0.3) is 0 Å². The average molecular weight is 489 g/mol. The average Bonchev–Trinajstić information content (AvgIpc) is 2.89. The molecule has 6 nitrogen and oxygen atoms in total. The van der Waals surface area contributed by atoms with Gasteiger partial charge in [-0.1, -0.05) is 42.5 Å². The highest BCUT2D eigenvalue weighted by atomic mass is 32.2. The molecule has 1 N–H and O–H groups in total. The van der Waals surface area contributed by atoms with E-state index in [9.17, 15) is 14.7 Å². The lowest BCUT2D eigenvalue weighted by Crippen LogP contribution is -2.04. The molecule has 0 aliphatic heterocycles. The molecule has 1 heterocycles. The second-order valence-corrected chi connectivity index (χ2v) is 8.81. The van der Waals surface area contributed by atoms with Crippen LogP contribution in [-0.4, -0.2) is 23.9 Å². The van der Waals surface area contributed by atoms with Crippen LogP contribution in [0.4, 0.5) is 0 Å². The van der Waals surface area contributed by atoms with Crippen molar-refractivity contribution < 1.29 is 23.8 Å². The molecule has 0 aliphatic rings. The number of carbonyl (C=O) groups excluding carboxylic acids is 1. The molecule has 0 fully saturated rings. The van der Waals surface area contributed by atoms with Crippen LogP contribution in [0, 0.1) is 0 Å². The second kappa shape index (κ2) is 11.4. The van der Waals surface area contributed by atoms with Crippen molar-refractivity contribution in [1.29, 1.82) is 0 Å². The van der Waals surface area contributed by atoms with Crippen LogP contribution in [0.5, 0.6) is 11.5 Å². The summed E-state index contributed by atoms with van der Waals surface area (Å²) in [6.07, 6.45) is 0.778. The highest BCUT2D eigenvalue weighted by Crippen LogP contribution is 2.31. The van der Waals surface area contributed by atoms with Crippen LogP contribution in [-0.2, 0) is 17.8 Å². The van der Waals surface area contributed by atoms with Gasteiger partial charge in [0.2, 0.25) is 0 Å². The van der Waals surface area contributed by atoms with Gasteiger partial charge in [0.1, 0.15) is 28.8 Å². The number of carbonyl (C=O) groups is 1. The zero-order chi connectivity index (χ0) is 24.6. The Bertz CT molecular complexity index is 1350. The van der Waals surface area contributed by atoms with Crippen molar-refractivity contribution in [2.75, 3.05) is 12.9 Å². The number of hydrogen-bond donors (Lipinski definition) is 1. The predicted molar refractivity (Wildman–Crippen MR) is 135 cm³/mol. The molecule has 0 saturated heterocycles. The van der Waals surface area contributed by atoms with Crippen LogP contribution < -0.4 is 10.4 Å². The zero-order valence-electron chi connectivity index (χ0n) is 19.1. The molecule has 0 atom stereocenters. The lowest BCUT2D eigenvalue weighted by molar-refractivity contribution is 0.0600. The minimum atomic E-state index is -0.566. The molecule has 0 saturated carbocycles. The third-order valence-electron chi connectivity index (χ3n) is 5.26. The predicted octanol–water partition coefficient (Wildman–Crippen LogP) is 5.71. The van der Waals surface area contributed by atoms with E-state index in [0.29, 0.717) is 22.6 Å². The molecule has 0 unspecified atom stereocenters. The standard InChI is InChI=1S/C28H24O6S/c1-32-27(30)22-9-5-8-20(16-22)18-33-23-12-10-21(11-13-23)25-17-24(29)26(28(31)34-25)35-15-14-19-6-3-2-4-7-19/h2-13,16-17,29H,14-15,18H2,1H3. The number of ether oxygens (including phenoxy) is 2. The smallest absolute Gasteiger partial charge is 0.353 e.